The van der Waals surface area contributed by atoms with Crippen molar-refractivity contribution in [1.29, 1.82) is 0 Å². The third-order valence-corrected chi connectivity index (χ3v) is 1.96. The maximum atomic E-state index is 10.8. The average Bonchev–Trinajstić information content (AvgIpc) is 2.52. The molecule has 1 amide bonds. The van der Waals surface area contributed by atoms with Crippen molar-refractivity contribution in [2.75, 3.05) is 13.7 Å². The summed E-state index contributed by atoms with van der Waals surface area (Å²) >= 11 is 0. The van der Waals surface area contributed by atoms with Gasteiger partial charge in [-0.25, -0.2) is 9.80 Å². The smallest absolute Gasteiger partial charge is 0.421 e. The predicted molar refractivity (Wildman–Crippen MR) is 42.9 cm³/mol. The van der Waals surface area contributed by atoms with E-state index < -0.39 is 18.1 Å². The van der Waals surface area contributed by atoms with Crippen LogP contribution in [0.5, 0.6) is 0 Å². The fourth-order valence-corrected chi connectivity index (χ4v) is 1.32. The molecule has 0 aromatic heterocycles. The van der Waals surface area contributed by atoms with E-state index in [1.54, 1.807) is 0 Å². The second kappa shape index (κ2) is 4.08. The lowest BCUT2D eigenvalue weighted by Gasteiger charge is -2.20. The average molecular weight is 188 g/mol. The molecule has 1 atom stereocenters. The second-order valence-corrected chi connectivity index (χ2v) is 2.79. The number of hydrogen-bond donors (Lipinski definition) is 2. The highest BCUT2D eigenvalue weighted by atomic mass is 16.5. The number of methoxy groups -OCH3 is 1. The summed E-state index contributed by atoms with van der Waals surface area (Å²) in [4.78, 5) is 21.4. The summed E-state index contributed by atoms with van der Waals surface area (Å²) in [7, 11) is 1.24. The Hall–Kier alpha value is -1.30. The van der Waals surface area contributed by atoms with E-state index in [0.29, 0.717) is 13.0 Å². The quantitative estimate of drug-likeness (QED) is 0.627. The molecule has 0 radical (unpaired) electrons. The zero-order valence-electron chi connectivity index (χ0n) is 7.32. The fraction of sp³-hybridized carbons (Fsp3) is 0.714. The Labute approximate surface area is 75.4 Å². The van der Waals surface area contributed by atoms with E-state index in [0.717, 1.165) is 6.42 Å². The first kappa shape index (κ1) is 9.79. The van der Waals surface area contributed by atoms with Crippen molar-refractivity contribution in [2.45, 2.75) is 18.9 Å². The number of rotatable bonds is 2. The van der Waals surface area contributed by atoms with Gasteiger partial charge in [0.1, 0.15) is 6.04 Å². The number of nitrogens with one attached hydrogen (secondary N) is 1. The van der Waals surface area contributed by atoms with Gasteiger partial charge in [-0.1, -0.05) is 0 Å². The molecule has 0 unspecified atom stereocenters. The van der Waals surface area contributed by atoms with Gasteiger partial charge in [-0.2, -0.15) is 0 Å². The molecular formula is C7H12N2O4. The molecule has 0 aromatic carbocycles. The van der Waals surface area contributed by atoms with E-state index >= 15 is 0 Å². The first-order valence-electron chi connectivity index (χ1n) is 3.99. The number of carboxylic acids is 1. The Morgan fingerprint density at radius 3 is 2.85 bits per heavy atom. The molecule has 0 spiro atoms. The molecule has 1 fully saturated rings. The summed E-state index contributed by atoms with van der Waals surface area (Å²) < 4.78 is 4.36. The van der Waals surface area contributed by atoms with Crippen LogP contribution >= 0.6 is 0 Å². The van der Waals surface area contributed by atoms with E-state index in [2.05, 4.69) is 10.2 Å². The van der Waals surface area contributed by atoms with Gasteiger partial charge < -0.3 is 9.84 Å². The summed E-state index contributed by atoms with van der Waals surface area (Å²) in [6.45, 7) is 0.548. The van der Waals surface area contributed by atoms with Gasteiger partial charge in [0.25, 0.3) is 0 Å². The zero-order chi connectivity index (χ0) is 9.84. The summed E-state index contributed by atoms with van der Waals surface area (Å²) in [6.07, 6.45) is 0.688. The number of ether oxygens (including phenoxy) is 1. The van der Waals surface area contributed by atoms with Crippen LogP contribution in [0, 0.1) is 0 Å². The highest BCUT2D eigenvalue weighted by Gasteiger charge is 2.31. The summed E-state index contributed by atoms with van der Waals surface area (Å²) in [5.41, 5.74) is 2.35. The minimum absolute atomic E-state index is 0.548. The van der Waals surface area contributed by atoms with Gasteiger partial charge >= 0.3 is 12.1 Å². The normalized spacial score (nSPS) is 22.7. The van der Waals surface area contributed by atoms with Gasteiger partial charge in [0.15, 0.2) is 0 Å². The largest absolute Gasteiger partial charge is 0.480 e. The second-order valence-electron chi connectivity index (χ2n) is 2.79. The van der Waals surface area contributed by atoms with E-state index in [1.165, 1.54) is 12.1 Å². The van der Waals surface area contributed by atoms with Crippen molar-refractivity contribution < 1.29 is 19.4 Å². The highest BCUT2D eigenvalue weighted by Crippen LogP contribution is 2.14. The molecule has 0 saturated carbocycles. The van der Waals surface area contributed by atoms with Crippen LogP contribution in [0.1, 0.15) is 12.8 Å². The van der Waals surface area contributed by atoms with Gasteiger partial charge in [0.05, 0.1) is 7.11 Å². The molecule has 2 N–H and O–H groups in total. The summed E-state index contributed by atoms with van der Waals surface area (Å²) in [5, 5.41) is 10.1. The molecule has 1 aliphatic rings. The number of hydrogen-bond acceptors (Lipinski definition) is 4. The maximum absolute atomic E-state index is 10.8. The van der Waals surface area contributed by atoms with Crippen molar-refractivity contribution in [2.24, 2.45) is 0 Å². The Kier molecular flexibility index (Phi) is 3.07. The van der Waals surface area contributed by atoms with Crippen molar-refractivity contribution >= 4 is 12.1 Å². The van der Waals surface area contributed by atoms with Crippen LogP contribution in [0.2, 0.25) is 0 Å². The molecule has 1 heterocycles. The predicted octanol–water partition coefficient (Wildman–Crippen LogP) is -0.194. The van der Waals surface area contributed by atoms with Crippen molar-refractivity contribution in [1.82, 2.24) is 10.4 Å². The Balaban J connectivity index is 2.48. The van der Waals surface area contributed by atoms with Crippen LogP contribution in [0.25, 0.3) is 0 Å². The van der Waals surface area contributed by atoms with E-state index in [1.807, 2.05) is 0 Å². The van der Waals surface area contributed by atoms with E-state index in [9.17, 15) is 9.59 Å². The molecule has 0 aliphatic carbocycles. The molecule has 0 bridgehead atoms. The molecular weight excluding hydrogens is 176 g/mol. The fourth-order valence-electron chi connectivity index (χ4n) is 1.32. The Morgan fingerprint density at radius 2 is 2.31 bits per heavy atom. The Morgan fingerprint density at radius 1 is 1.62 bits per heavy atom. The zero-order valence-corrected chi connectivity index (χ0v) is 7.32. The van der Waals surface area contributed by atoms with Crippen molar-refractivity contribution in [3.05, 3.63) is 0 Å². The lowest BCUT2D eigenvalue weighted by Crippen LogP contribution is -2.48. The minimum Gasteiger partial charge on any atom is -0.480 e. The van der Waals surface area contributed by atoms with Gasteiger partial charge in [-0.05, 0) is 12.8 Å². The summed E-state index contributed by atoms with van der Waals surface area (Å²) in [5.74, 6) is -0.922. The topological polar surface area (TPSA) is 78.9 Å². The molecule has 6 nitrogen and oxygen atoms in total. The highest BCUT2D eigenvalue weighted by molar-refractivity contribution is 5.74. The third kappa shape index (κ3) is 2.32. The number of carbonyl (C=O) groups is 2. The van der Waals surface area contributed by atoms with Crippen molar-refractivity contribution in [3.63, 3.8) is 0 Å². The molecule has 74 valence electrons. The lowest BCUT2D eigenvalue weighted by molar-refractivity contribution is -0.142. The molecule has 1 aliphatic heterocycles. The number of nitrogens with zero attached hydrogens (tertiary/aromatic N) is 1. The number of carbonyl (C=O) groups excluding carboxylic acids is 1. The van der Waals surface area contributed by atoms with Crippen LogP contribution in [0.4, 0.5) is 4.79 Å². The van der Waals surface area contributed by atoms with Crippen molar-refractivity contribution in [3.8, 4) is 0 Å². The van der Waals surface area contributed by atoms with Crippen LogP contribution in [-0.4, -0.2) is 41.9 Å². The number of amides is 1. The number of carboxylic acid groups (broad SMARTS) is 1. The van der Waals surface area contributed by atoms with Crippen LogP contribution in [-0.2, 0) is 9.53 Å². The van der Waals surface area contributed by atoms with Gasteiger partial charge in [0, 0.05) is 6.54 Å². The van der Waals surface area contributed by atoms with Crippen LogP contribution < -0.4 is 5.43 Å². The summed E-state index contributed by atoms with van der Waals surface area (Å²) in [6, 6.07) is -0.626. The number of hydrazine groups is 1. The first-order chi connectivity index (χ1) is 6.15. The number of aliphatic carboxylic acids is 1. The minimum atomic E-state index is -0.922. The van der Waals surface area contributed by atoms with E-state index in [4.69, 9.17) is 5.11 Å². The standard InChI is InChI=1S/C7H12N2O4/c1-13-7(12)8-9-4-2-3-5(9)6(10)11/h5H,2-4H2,1H3,(H,8,12)(H,10,11)/t5-/m0/s1. The maximum Gasteiger partial charge on any atom is 0.421 e. The first-order valence-corrected chi connectivity index (χ1v) is 3.99. The molecule has 0 aromatic rings. The SMILES string of the molecule is COC(=O)NN1CCC[C@H]1C(=O)O. The van der Waals surface area contributed by atoms with E-state index in [-0.39, 0.29) is 0 Å². The molecule has 1 rings (SSSR count). The Bertz CT molecular complexity index is 219. The molecule has 6 heteroatoms. The van der Waals surface area contributed by atoms with Gasteiger partial charge in [-0.3, -0.25) is 10.2 Å². The lowest BCUT2D eigenvalue weighted by atomic mass is 10.2. The third-order valence-electron chi connectivity index (χ3n) is 1.96. The molecule has 1 saturated heterocycles. The van der Waals surface area contributed by atoms with Crippen LogP contribution in [0.3, 0.4) is 0 Å². The van der Waals surface area contributed by atoms with Crippen LogP contribution in [0.15, 0.2) is 0 Å². The van der Waals surface area contributed by atoms with Gasteiger partial charge in [-0.15, -0.1) is 0 Å². The van der Waals surface area contributed by atoms with Gasteiger partial charge in [0.2, 0.25) is 0 Å². The monoisotopic (exact) mass is 188 g/mol. The molecule has 13 heavy (non-hydrogen) atoms.